The lowest BCUT2D eigenvalue weighted by Crippen LogP contribution is -2.37. The average molecular weight is 433 g/mol. The first-order valence-electron chi connectivity index (χ1n) is 11.6. The van der Waals surface area contributed by atoms with Crippen molar-refractivity contribution in [3.8, 4) is 11.5 Å². The molecule has 0 amide bonds. The van der Waals surface area contributed by atoms with Crippen LogP contribution < -0.4 is 9.47 Å². The van der Waals surface area contributed by atoms with Crippen molar-refractivity contribution in [2.24, 2.45) is 5.41 Å². The van der Waals surface area contributed by atoms with Gasteiger partial charge in [-0.15, -0.1) is 0 Å². The molecule has 0 radical (unpaired) electrons. The number of benzene rings is 3. The van der Waals surface area contributed by atoms with Crippen LogP contribution >= 0.6 is 0 Å². The molecule has 32 heavy (non-hydrogen) atoms. The standard InChI is InChI=1S/C29H36O3/c1-6-28(7-2,8-3)22-32-29(23-12-10-9-11-13-23,24-14-18-26(30-4)19-15-24)25-16-20-27(31-5)21-17-25/h9-21H,6-8,22H2,1-5H3. The maximum atomic E-state index is 7.09. The summed E-state index contributed by atoms with van der Waals surface area (Å²) in [7, 11) is 3.38. The first-order valence-corrected chi connectivity index (χ1v) is 11.6. The lowest BCUT2D eigenvalue weighted by atomic mass is 9.77. The van der Waals surface area contributed by atoms with Gasteiger partial charge in [-0.2, -0.15) is 0 Å². The molecule has 0 unspecified atom stereocenters. The Morgan fingerprint density at radius 2 is 0.969 bits per heavy atom. The fraction of sp³-hybridized carbons (Fsp3) is 0.379. The minimum Gasteiger partial charge on any atom is -0.497 e. The summed E-state index contributed by atoms with van der Waals surface area (Å²) in [6, 6.07) is 27.0. The van der Waals surface area contributed by atoms with Crippen molar-refractivity contribution in [3.05, 3.63) is 95.6 Å². The molecule has 0 bridgehead atoms. The van der Waals surface area contributed by atoms with Crippen LogP contribution in [0.25, 0.3) is 0 Å². The fourth-order valence-electron chi connectivity index (χ4n) is 4.39. The highest BCUT2D eigenvalue weighted by Gasteiger charge is 2.40. The zero-order valence-corrected chi connectivity index (χ0v) is 20.1. The third-order valence-corrected chi connectivity index (χ3v) is 7.02. The van der Waals surface area contributed by atoms with E-state index in [4.69, 9.17) is 14.2 Å². The van der Waals surface area contributed by atoms with Crippen molar-refractivity contribution >= 4 is 0 Å². The molecule has 0 spiro atoms. The van der Waals surface area contributed by atoms with Crippen LogP contribution in [0.4, 0.5) is 0 Å². The van der Waals surface area contributed by atoms with E-state index in [9.17, 15) is 0 Å². The Morgan fingerprint density at radius 3 is 1.34 bits per heavy atom. The predicted octanol–water partition coefficient (Wildman–Crippen LogP) is 7.23. The first kappa shape index (κ1) is 23.9. The molecule has 3 heteroatoms. The molecular weight excluding hydrogens is 396 g/mol. The Hall–Kier alpha value is -2.78. The third kappa shape index (κ3) is 4.68. The van der Waals surface area contributed by atoms with Gasteiger partial charge in [-0.25, -0.2) is 0 Å². The molecule has 0 aliphatic heterocycles. The Kier molecular flexibility index (Phi) is 7.98. The van der Waals surface area contributed by atoms with E-state index in [1.807, 2.05) is 30.3 Å². The molecule has 0 heterocycles. The van der Waals surface area contributed by atoms with Gasteiger partial charge in [0.25, 0.3) is 0 Å². The van der Waals surface area contributed by atoms with Crippen LogP contribution in [-0.4, -0.2) is 20.8 Å². The maximum absolute atomic E-state index is 7.09. The van der Waals surface area contributed by atoms with Crippen LogP contribution in [0.2, 0.25) is 0 Å². The van der Waals surface area contributed by atoms with Crippen molar-refractivity contribution in [2.45, 2.75) is 45.6 Å². The van der Waals surface area contributed by atoms with Crippen LogP contribution in [0.1, 0.15) is 56.7 Å². The molecule has 0 atom stereocenters. The van der Waals surface area contributed by atoms with Crippen molar-refractivity contribution in [2.75, 3.05) is 20.8 Å². The van der Waals surface area contributed by atoms with E-state index in [0.29, 0.717) is 6.61 Å². The van der Waals surface area contributed by atoms with E-state index in [1.165, 1.54) is 0 Å². The summed E-state index contributed by atoms with van der Waals surface area (Å²) in [4.78, 5) is 0. The van der Waals surface area contributed by atoms with Gasteiger partial charge in [0.15, 0.2) is 0 Å². The summed E-state index contributed by atoms with van der Waals surface area (Å²) in [5.41, 5.74) is 2.65. The van der Waals surface area contributed by atoms with E-state index in [-0.39, 0.29) is 5.41 Å². The molecule has 0 aliphatic carbocycles. The molecule has 170 valence electrons. The average Bonchev–Trinajstić information content (AvgIpc) is 2.88. The molecule has 0 saturated heterocycles. The number of hydrogen-bond donors (Lipinski definition) is 0. The van der Waals surface area contributed by atoms with Gasteiger partial charge in [0.1, 0.15) is 17.1 Å². The van der Waals surface area contributed by atoms with Gasteiger partial charge in [0.05, 0.1) is 20.8 Å². The molecule has 0 saturated carbocycles. The van der Waals surface area contributed by atoms with Gasteiger partial charge in [-0.1, -0.05) is 75.4 Å². The smallest absolute Gasteiger partial charge is 0.143 e. The van der Waals surface area contributed by atoms with Crippen LogP contribution in [0.5, 0.6) is 11.5 Å². The van der Waals surface area contributed by atoms with Gasteiger partial charge >= 0.3 is 0 Å². The lowest BCUT2D eigenvalue weighted by molar-refractivity contribution is -0.0457. The Labute approximate surface area is 193 Å². The van der Waals surface area contributed by atoms with E-state index >= 15 is 0 Å². The normalized spacial score (nSPS) is 11.9. The second kappa shape index (κ2) is 10.7. The zero-order valence-electron chi connectivity index (χ0n) is 20.1. The topological polar surface area (TPSA) is 27.7 Å². The molecule has 0 N–H and O–H groups in total. The minimum absolute atomic E-state index is 0.138. The van der Waals surface area contributed by atoms with Crippen LogP contribution in [-0.2, 0) is 10.3 Å². The summed E-state index contributed by atoms with van der Waals surface area (Å²) in [6.07, 6.45) is 3.24. The summed E-state index contributed by atoms with van der Waals surface area (Å²) >= 11 is 0. The van der Waals surface area contributed by atoms with Gasteiger partial charge in [0.2, 0.25) is 0 Å². The summed E-state index contributed by atoms with van der Waals surface area (Å²) < 4.78 is 18.0. The first-order chi connectivity index (χ1) is 15.6. The van der Waals surface area contributed by atoms with E-state index in [0.717, 1.165) is 47.5 Å². The van der Waals surface area contributed by atoms with Crippen LogP contribution in [0.15, 0.2) is 78.9 Å². The minimum atomic E-state index is -0.745. The molecule has 3 rings (SSSR count). The number of ether oxygens (including phenoxy) is 3. The van der Waals surface area contributed by atoms with Crippen molar-refractivity contribution in [1.82, 2.24) is 0 Å². The highest BCUT2D eigenvalue weighted by atomic mass is 16.5. The van der Waals surface area contributed by atoms with Gasteiger partial charge < -0.3 is 14.2 Å². The van der Waals surface area contributed by atoms with Gasteiger partial charge in [0, 0.05) is 0 Å². The summed E-state index contributed by atoms with van der Waals surface area (Å²) in [6.45, 7) is 7.47. The van der Waals surface area contributed by atoms with E-state index in [2.05, 4.69) is 69.3 Å². The van der Waals surface area contributed by atoms with Crippen molar-refractivity contribution < 1.29 is 14.2 Å². The molecule has 3 aromatic carbocycles. The molecule has 3 nitrogen and oxygen atoms in total. The molecule has 3 aromatic rings. The van der Waals surface area contributed by atoms with Crippen LogP contribution in [0.3, 0.4) is 0 Å². The quantitative estimate of drug-likeness (QED) is 0.299. The van der Waals surface area contributed by atoms with Gasteiger partial charge in [-0.3, -0.25) is 0 Å². The highest BCUT2D eigenvalue weighted by Crippen LogP contribution is 2.44. The number of rotatable bonds is 11. The van der Waals surface area contributed by atoms with Crippen LogP contribution in [0, 0.1) is 5.41 Å². The van der Waals surface area contributed by atoms with Crippen molar-refractivity contribution in [1.29, 1.82) is 0 Å². The SMILES string of the molecule is CCC(CC)(CC)COC(c1ccccc1)(c1ccc(OC)cc1)c1ccc(OC)cc1. The van der Waals surface area contributed by atoms with Gasteiger partial charge in [-0.05, 0) is 65.6 Å². The summed E-state index contributed by atoms with van der Waals surface area (Å²) in [5, 5.41) is 0. The Balaban J connectivity index is 2.23. The van der Waals surface area contributed by atoms with E-state index < -0.39 is 5.60 Å². The van der Waals surface area contributed by atoms with E-state index in [1.54, 1.807) is 14.2 Å². The predicted molar refractivity (Wildman–Crippen MR) is 132 cm³/mol. The second-order valence-electron chi connectivity index (χ2n) is 8.35. The molecule has 0 aromatic heterocycles. The Bertz CT molecular complexity index is 886. The lowest BCUT2D eigenvalue weighted by Gasteiger charge is -2.40. The molecular formula is C29H36O3. The fourth-order valence-corrected chi connectivity index (χ4v) is 4.39. The molecule has 0 fully saturated rings. The third-order valence-electron chi connectivity index (χ3n) is 7.02. The monoisotopic (exact) mass is 432 g/mol. The second-order valence-corrected chi connectivity index (χ2v) is 8.35. The number of hydrogen-bond acceptors (Lipinski definition) is 3. The number of methoxy groups -OCH3 is 2. The highest BCUT2D eigenvalue weighted by molar-refractivity contribution is 5.49. The zero-order chi connectivity index (χ0) is 23.0. The molecule has 0 aliphatic rings. The summed E-state index contributed by atoms with van der Waals surface area (Å²) in [5.74, 6) is 1.66. The largest absolute Gasteiger partial charge is 0.497 e. The van der Waals surface area contributed by atoms with Crippen molar-refractivity contribution in [3.63, 3.8) is 0 Å². The maximum Gasteiger partial charge on any atom is 0.143 e. The Morgan fingerprint density at radius 1 is 0.562 bits per heavy atom.